The van der Waals surface area contributed by atoms with Gasteiger partial charge in [-0.25, -0.2) is 0 Å². The van der Waals surface area contributed by atoms with Crippen molar-refractivity contribution in [3.05, 3.63) is 12.2 Å². The van der Waals surface area contributed by atoms with Gasteiger partial charge in [0.05, 0.1) is 12.2 Å². The van der Waals surface area contributed by atoms with Crippen molar-refractivity contribution in [3.63, 3.8) is 0 Å². The van der Waals surface area contributed by atoms with E-state index in [1.165, 1.54) is 12.8 Å². The highest BCUT2D eigenvalue weighted by Crippen LogP contribution is 2.67. The molecule has 0 aromatic rings. The van der Waals surface area contributed by atoms with Gasteiger partial charge in [0.1, 0.15) is 5.60 Å². The molecule has 130 valence electrons. The van der Waals surface area contributed by atoms with Crippen LogP contribution in [0.15, 0.2) is 12.2 Å². The summed E-state index contributed by atoms with van der Waals surface area (Å²) in [6.45, 7) is 10.6. The Morgan fingerprint density at radius 2 is 1.70 bits per heavy atom. The molecule has 0 unspecified atom stereocenters. The van der Waals surface area contributed by atoms with Crippen molar-refractivity contribution in [3.8, 4) is 0 Å². The Hall–Kier alpha value is -0.380. The van der Waals surface area contributed by atoms with E-state index in [-0.39, 0.29) is 11.3 Å². The van der Waals surface area contributed by atoms with Crippen LogP contribution in [-0.2, 0) is 0 Å². The monoisotopic (exact) mass is 320 g/mol. The first-order chi connectivity index (χ1) is 10.6. The zero-order valence-electron chi connectivity index (χ0n) is 14.8. The summed E-state index contributed by atoms with van der Waals surface area (Å²) in [6, 6.07) is 0. The van der Waals surface area contributed by atoms with Gasteiger partial charge in [0.2, 0.25) is 0 Å². The highest BCUT2D eigenvalue weighted by atomic mass is 16.3. The topological polar surface area (TPSA) is 60.7 Å². The molecule has 4 saturated carbocycles. The number of hydrogen-bond acceptors (Lipinski definition) is 3. The Morgan fingerprint density at radius 1 is 1.00 bits per heavy atom. The molecule has 0 radical (unpaired) electrons. The molecule has 0 amide bonds. The van der Waals surface area contributed by atoms with Crippen LogP contribution < -0.4 is 0 Å². The molecule has 4 aliphatic rings. The number of rotatable bonds is 0. The fraction of sp³-hybridized carbons (Fsp3) is 0.900. The third-order valence-corrected chi connectivity index (χ3v) is 8.63. The number of aliphatic hydroxyl groups is 3. The Balaban J connectivity index is 1.81. The Bertz CT molecular complexity index is 537. The molecule has 0 heterocycles. The quantitative estimate of drug-likeness (QED) is 0.602. The van der Waals surface area contributed by atoms with Crippen molar-refractivity contribution in [2.45, 2.75) is 77.1 Å². The van der Waals surface area contributed by atoms with E-state index in [0.717, 1.165) is 24.3 Å². The predicted octanol–water partition coefficient (Wildman–Crippen LogP) is 2.89. The molecular weight excluding hydrogens is 288 g/mol. The van der Waals surface area contributed by atoms with E-state index in [1.54, 1.807) is 0 Å². The maximum absolute atomic E-state index is 11.6. The second kappa shape index (κ2) is 4.62. The van der Waals surface area contributed by atoms with Crippen LogP contribution in [0, 0.1) is 34.5 Å². The summed E-state index contributed by atoms with van der Waals surface area (Å²) >= 11 is 0. The van der Waals surface area contributed by atoms with Crippen LogP contribution in [0.4, 0.5) is 0 Å². The van der Waals surface area contributed by atoms with Gasteiger partial charge >= 0.3 is 0 Å². The van der Waals surface area contributed by atoms with Crippen molar-refractivity contribution in [1.82, 2.24) is 0 Å². The molecule has 0 aliphatic heterocycles. The average Bonchev–Trinajstić information content (AvgIpc) is 2.80. The van der Waals surface area contributed by atoms with Gasteiger partial charge in [0.15, 0.2) is 0 Å². The largest absolute Gasteiger partial charge is 0.392 e. The molecule has 3 nitrogen and oxygen atoms in total. The Morgan fingerprint density at radius 3 is 2.39 bits per heavy atom. The minimum atomic E-state index is -1.25. The standard InChI is InChI=1S/C20H32O3/c1-11-8-19-9-13(11)5-6-14(19)12(2)15-7-16(21)18(3,4)20(15,23)17(22)10-19/h11,13-17,21-23H,2,5-10H2,1,3-4H3/t11-,13+,14-,15+,16-,17+,19+,20-/m0/s1. The van der Waals surface area contributed by atoms with Gasteiger partial charge in [-0.1, -0.05) is 32.9 Å². The second-order valence-electron chi connectivity index (χ2n) is 9.78. The van der Waals surface area contributed by atoms with Crippen molar-refractivity contribution < 1.29 is 15.3 Å². The minimum Gasteiger partial charge on any atom is -0.392 e. The smallest absolute Gasteiger partial charge is 0.105 e. The summed E-state index contributed by atoms with van der Waals surface area (Å²) in [4.78, 5) is 0. The molecule has 4 aliphatic carbocycles. The highest BCUT2D eigenvalue weighted by molar-refractivity contribution is 5.29. The van der Waals surface area contributed by atoms with Gasteiger partial charge < -0.3 is 15.3 Å². The van der Waals surface area contributed by atoms with E-state index in [9.17, 15) is 15.3 Å². The lowest BCUT2D eigenvalue weighted by molar-refractivity contribution is -0.169. The average molecular weight is 320 g/mol. The summed E-state index contributed by atoms with van der Waals surface area (Å²) in [7, 11) is 0. The molecule has 23 heavy (non-hydrogen) atoms. The van der Waals surface area contributed by atoms with E-state index in [1.807, 2.05) is 13.8 Å². The Labute approximate surface area is 139 Å². The SMILES string of the molecule is C=C1[C@H]2C[C@H](O)C(C)(C)[C@@]2(O)[C@H](O)C[C@@]23C[C@@H](CC[C@@H]12)[C@@H](C)C3. The van der Waals surface area contributed by atoms with Gasteiger partial charge in [0, 0.05) is 11.3 Å². The molecule has 2 bridgehead atoms. The van der Waals surface area contributed by atoms with E-state index in [4.69, 9.17) is 0 Å². The fourth-order valence-corrected chi connectivity index (χ4v) is 7.15. The molecule has 0 saturated heterocycles. The van der Waals surface area contributed by atoms with Crippen LogP contribution in [0.25, 0.3) is 0 Å². The van der Waals surface area contributed by atoms with Crippen LogP contribution in [0.2, 0.25) is 0 Å². The minimum absolute atomic E-state index is 0.125. The lowest BCUT2D eigenvalue weighted by Crippen LogP contribution is -2.56. The molecule has 4 rings (SSSR count). The van der Waals surface area contributed by atoms with Gasteiger partial charge in [-0.3, -0.25) is 0 Å². The number of fused-ring (bicyclic) bond motifs is 2. The number of aliphatic hydroxyl groups excluding tert-OH is 2. The molecular formula is C20H32O3. The maximum Gasteiger partial charge on any atom is 0.105 e. The summed E-state index contributed by atoms with van der Waals surface area (Å²) in [5.41, 5.74) is -0.716. The van der Waals surface area contributed by atoms with Crippen LogP contribution in [0.1, 0.15) is 59.3 Å². The van der Waals surface area contributed by atoms with Crippen LogP contribution in [0.5, 0.6) is 0 Å². The zero-order valence-corrected chi connectivity index (χ0v) is 14.8. The molecule has 4 fully saturated rings. The third kappa shape index (κ3) is 1.77. The van der Waals surface area contributed by atoms with Crippen molar-refractivity contribution in [1.29, 1.82) is 0 Å². The predicted molar refractivity (Wildman–Crippen MR) is 89.7 cm³/mol. The van der Waals surface area contributed by atoms with E-state index >= 15 is 0 Å². The third-order valence-electron chi connectivity index (χ3n) is 8.63. The normalized spacial score (nSPS) is 57.7. The van der Waals surface area contributed by atoms with Gasteiger partial charge in [-0.15, -0.1) is 0 Å². The van der Waals surface area contributed by atoms with E-state index < -0.39 is 23.2 Å². The molecule has 0 aromatic carbocycles. The van der Waals surface area contributed by atoms with Gasteiger partial charge in [-0.05, 0) is 61.7 Å². The van der Waals surface area contributed by atoms with Crippen molar-refractivity contribution in [2.75, 3.05) is 0 Å². The molecule has 0 aromatic heterocycles. The van der Waals surface area contributed by atoms with Gasteiger partial charge in [-0.2, -0.15) is 0 Å². The lowest BCUT2D eigenvalue weighted by atomic mass is 9.63. The van der Waals surface area contributed by atoms with E-state index in [0.29, 0.717) is 24.7 Å². The second-order valence-corrected chi connectivity index (χ2v) is 9.78. The summed E-state index contributed by atoms with van der Waals surface area (Å²) in [5.74, 6) is 1.71. The summed E-state index contributed by atoms with van der Waals surface area (Å²) in [5, 5.41) is 33.3. The fourth-order valence-electron chi connectivity index (χ4n) is 7.15. The summed E-state index contributed by atoms with van der Waals surface area (Å²) < 4.78 is 0. The van der Waals surface area contributed by atoms with Crippen LogP contribution in [0.3, 0.4) is 0 Å². The van der Waals surface area contributed by atoms with Gasteiger partial charge in [0.25, 0.3) is 0 Å². The Kier molecular flexibility index (Phi) is 3.23. The van der Waals surface area contributed by atoms with Crippen LogP contribution >= 0.6 is 0 Å². The highest BCUT2D eigenvalue weighted by Gasteiger charge is 2.68. The first kappa shape index (κ1) is 16.1. The zero-order chi connectivity index (χ0) is 16.8. The first-order valence-electron chi connectivity index (χ1n) is 9.40. The number of hydrogen-bond donors (Lipinski definition) is 3. The van der Waals surface area contributed by atoms with Crippen molar-refractivity contribution >= 4 is 0 Å². The van der Waals surface area contributed by atoms with Crippen molar-refractivity contribution in [2.24, 2.45) is 34.5 Å². The van der Waals surface area contributed by atoms with Crippen LogP contribution in [-0.4, -0.2) is 33.1 Å². The molecule has 8 atom stereocenters. The molecule has 3 heteroatoms. The maximum atomic E-state index is 11.6. The summed E-state index contributed by atoms with van der Waals surface area (Å²) in [6.07, 6.45) is 4.57. The first-order valence-corrected chi connectivity index (χ1v) is 9.40. The molecule has 1 spiro atoms. The van der Waals surface area contributed by atoms with E-state index in [2.05, 4.69) is 13.5 Å². The lowest BCUT2D eigenvalue weighted by Gasteiger charge is -2.45. The molecule has 3 N–H and O–H groups in total.